The van der Waals surface area contributed by atoms with Gasteiger partial charge in [-0.3, -0.25) is 9.88 Å². The summed E-state index contributed by atoms with van der Waals surface area (Å²) in [5.74, 6) is 1.77. The van der Waals surface area contributed by atoms with Crippen LogP contribution in [-0.2, 0) is 11.2 Å². The average molecular weight is 433 g/mol. The van der Waals surface area contributed by atoms with Gasteiger partial charge in [0, 0.05) is 75.0 Å². The molecule has 1 aliphatic heterocycles. The summed E-state index contributed by atoms with van der Waals surface area (Å²) in [7, 11) is 1.75. The van der Waals surface area contributed by atoms with E-state index in [1.54, 1.807) is 7.11 Å². The van der Waals surface area contributed by atoms with E-state index in [2.05, 4.69) is 38.1 Å². The fraction of sp³-hybridized carbons (Fsp3) is 0.360. The van der Waals surface area contributed by atoms with Crippen LogP contribution in [0.3, 0.4) is 0 Å². The van der Waals surface area contributed by atoms with Crippen molar-refractivity contribution in [1.29, 1.82) is 0 Å². The number of oxime groups is 1. The quantitative estimate of drug-likeness (QED) is 0.470. The van der Waals surface area contributed by atoms with Gasteiger partial charge in [-0.05, 0) is 42.2 Å². The molecule has 1 aromatic carbocycles. The van der Waals surface area contributed by atoms with Crippen molar-refractivity contribution in [3.05, 3.63) is 59.9 Å². The van der Waals surface area contributed by atoms with Crippen molar-refractivity contribution < 1.29 is 14.4 Å². The Balaban J connectivity index is 1.47. The maximum Gasteiger partial charge on any atom is 0.196 e. The van der Waals surface area contributed by atoms with Crippen LogP contribution in [-0.4, -0.2) is 67.2 Å². The summed E-state index contributed by atoms with van der Waals surface area (Å²) in [6.45, 7) is 5.56. The van der Waals surface area contributed by atoms with Gasteiger partial charge in [0.15, 0.2) is 5.88 Å². The summed E-state index contributed by atoms with van der Waals surface area (Å²) in [6, 6.07) is 12.5. The molecule has 3 heterocycles. The normalized spacial score (nSPS) is 17.8. The zero-order valence-corrected chi connectivity index (χ0v) is 18.3. The monoisotopic (exact) mass is 432 g/mol. The summed E-state index contributed by atoms with van der Waals surface area (Å²) in [5, 5.41) is 12.7. The van der Waals surface area contributed by atoms with Crippen LogP contribution in [0, 0.1) is 0 Å². The molecule has 0 saturated carbocycles. The Morgan fingerprint density at radius 1 is 1.00 bits per heavy atom. The van der Waals surface area contributed by atoms with E-state index in [9.17, 15) is 5.21 Å². The molecule has 0 atom stereocenters. The third-order valence-electron chi connectivity index (χ3n) is 6.44. The van der Waals surface area contributed by atoms with Crippen molar-refractivity contribution >= 4 is 11.6 Å². The van der Waals surface area contributed by atoms with Crippen LogP contribution in [0.5, 0.6) is 0 Å². The Bertz CT molecular complexity index is 1100. The van der Waals surface area contributed by atoms with Crippen molar-refractivity contribution in [3.63, 3.8) is 0 Å². The number of anilines is 1. The molecule has 0 bridgehead atoms. The van der Waals surface area contributed by atoms with Gasteiger partial charge in [-0.15, -0.1) is 0 Å². The smallest absolute Gasteiger partial charge is 0.196 e. The molecular weight excluding hydrogens is 404 g/mol. The number of methoxy groups -OCH3 is 1. The summed E-state index contributed by atoms with van der Waals surface area (Å²) in [5.41, 5.74) is 6.17. The predicted molar refractivity (Wildman–Crippen MR) is 125 cm³/mol. The molecule has 1 aliphatic carbocycles. The Kier molecular flexibility index (Phi) is 5.92. The third-order valence-corrected chi connectivity index (χ3v) is 6.44. The molecule has 1 N–H and O–H groups in total. The molecule has 3 aromatic rings. The largest absolute Gasteiger partial charge is 0.440 e. The Morgan fingerprint density at radius 3 is 2.56 bits per heavy atom. The van der Waals surface area contributed by atoms with Crippen LogP contribution in [0.1, 0.15) is 17.5 Å². The maximum atomic E-state index is 9.25. The number of hydrogen-bond acceptors (Lipinski definition) is 7. The number of piperazine rings is 1. The lowest BCUT2D eigenvalue weighted by atomic mass is 9.99. The molecule has 166 valence electrons. The topological polar surface area (TPSA) is 74.3 Å². The Hall–Kier alpha value is -3.16. The first-order chi connectivity index (χ1) is 15.8. The molecule has 32 heavy (non-hydrogen) atoms. The van der Waals surface area contributed by atoms with Crippen LogP contribution >= 0.6 is 0 Å². The molecule has 7 heteroatoms. The van der Waals surface area contributed by atoms with Crippen LogP contribution < -0.4 is 4.90 Å². The Morgan fingerprint density at radius 2 is 1.81 bits per heavy atom. The predicted octanol–water partition coefficient (Wildman–Crippen LogP) is 3.90. The lowest BCUT2D eigenvalue weighted by Crippen LogP contribution is -2.47. The number of ether oxygens (including phenoxy) is 1. The molecule has 0 spiro atoms. The van der Waals surface area contributed by atoms with Crippen LogP contribution in [0.15, 0.2) is 58.4 Å². The molecule has 7 nitrogen and oxygen atoms in total. The average Bonchev–Trinajstić information content (AvgIpc) is 3.48. The van der Waals surface area contributed by atoms with Gasteiger partial charge < -0.3 is 19.3 Å². The van der Waals surface area contributed by atoms with E-state index in [4.69, 9.17) is 9.15 Å². The minimum absolute atomic E-state index is 0.757. The zero-order valence-electron chi connectivity index (χ0n) is 18.3. The number of furan rings is 1. The second-order valence-electron chi connectivity index (χ2n) is 8.30. The number of pyridine rings is 1. The minimum Gasteiger partial charge on any atom is -0.440 e. The summed E-state index contributed by atoms with van der Waals surface area (Å²) in [6.07, 6.45) is 5.27. The molecule has 0 unspecified atom stereocenters. The van der Waals surface area contributed by atoms with Crippen LogP contribution in [0.25, 0.3) is 22.5 Å². The lowest BCUT2D eigenvalue weighted by molar-refractivity contribution is 0.143. The molecule has 1 saturated heterocycles. The highest BCUT2D eigenvalue weighted by Crippen LogP contribution is 2.40. The van der Waals surface area contributed by atoms with E-state index in [0.717, 1.165) is 91.8 Å². The van der Waals surface area contributed by atoms with Gasteiger partial charge in [-0.25, -0.2) is 0 Å². The number of rotatable bonds is 6. The van der Waals surface area contributed by atoms with Crippen molar-refractivity contribution in [2.45, 2.75) is 12.8 Å². The molecule has 1 fully saturated rings. The fourth-order valence-corrected chi connectivity index (χ4v) is 4.62. The SMILES string of the molecule is COCCN1CCN(c2cc(-c3ccncc3)c(-c3ccc4c(c3)CCC4=NO)o2)CC1. The number of hydrogen-bond donors (Lipinski definition) is 1. The van der Waals surface area contributed by atoms with E-state index in [1.165, 1.54) is 5.56 Å². The fourth-order valence-electron chi connectivity index (χ4n) is 4.62. The standard InChI is InChI=1S/C25H28N4O3/c1-31-15-14-28-10-12-29(13-11-28)24-17-22(18-6-8-26-9-7-18)25(32-24)20-2-4-21-19(16-20)3-5-23(21)27-30/h2,4,6-9,16-17,30H,3,5,10-15H2,1H3. The van der Waals surface area contributed by atoms with E-state index < -0.39 is 0 Å². The number of aryl methyl sites for hydroxylation is 1. The molecule has 0 amide bonds. The Labute approximate surface area is 187 Å². The van der Waals surface area contributed by atoms with Crippen LogP contribution in [0.2, 0.25) is 0 Å². The third kappa shape index (κ3) is 4.01. The first-order valence-corrected chi connectivity index (χ1v) is 11.1. The van der Waals surface area contributed by atoms with Gasteiger partial charge in [0.2, 0.25) is 0 Å². The highest BCUT2D eigenvalue weighted by atomic mass is 16.5. The highest BCUT2D eigenvalue weighted by Gasteiger charge is 2.24. The number of benzene rings is 1. The zero-order chi connectivity index (χ0) is 21.9. The molecule has 2 aromatic heterocycles. The number of nitrogens with zero attached hydrogens (tertiary/aromatic N) is 4. The minimum atomic E-state index is 0.757. The summed E-state index contributed by atoms with van der Waals surface area (Å²) >= 11 is 0. The summed E-state index contributed by atoms with van der Waals surface area (Å²) < 4.78 is 11.7. The molecule has 0 radical (unpaired) electrons. The molecule has 2 aliphatic rings. The van der Waals surface area contributed by atoms with Crippen molar-refractivity contribution in [2.24, 2.45) is 5.16 Å². The second kappa shape index (κ2) is 9.14. The van der Waals surface area contributed by atoms with Crippen molar-refractivity contribution in [3.8, 4) is 22.5 Å². The lowest BCUT2D eigenvalue weighted by Gasteiger charge is -2.34. The van der Waals surface area contributed by atoms with Crippen LogP contribution in [0.4, 0.5) is 5.88 Å². The van der Waals surface area contributed by atoms with Crippen molar-refractivity contribution in [1.82, 2.24) is 9.88 Å². The number of aromatic nitrogens is 1. The summed E-state index contributed by atoms with van der Waals surface area (Å²) in [4.78, 5) is 8.92. The van der Waals surface area contributed by atoms with E-state index in [0.29, 0.717) is 0 Å². The molecule has 5 rings (SSSR count). The first-order valence-electron chi connectivity index (χ1n) is 11.1. The molecular formula is C25H28N4O3. The number of fused-ring (bicyclic) bond motifs is 1. The van der Waals surface area contributed by atoms with Gasteiger partial charge in [-0.1, -0.05) is 17.3 Å². The van der Waals surface area contributed by atoms with Gasteiger partial charge in [0.25, 0.3) is 0 Å². The van der Waals surface area contributed by atoms with Crippen molar-refractivity contribution in [2.75, 3.05) is 51.3 Å². The van der Waals surface area contributed by atoms with E-state index in [1.807, 2.05) is 30.6 Å². The van der Waals surface area contributed by atoms with Gasteiger partial charge in [0.1, 0.15) is 5.76 Å². The van der Waals surface area contributed by atoms with Gasteiger partial charge in [0.05, 0.1) is 12.3 Å². The van der Waals surface area contributed by atoms with E-state index in [-0.39, 0.29) is 0 Å². The highest BCUT2D eigenvalue weighted by molar-refractivity contribution is 6.04. The second-order valence-corrected chi connectivity index (χ2v) is 8.30. The first kappa shape index (κ1) is 20.7. The van der Waals surface area contributed by atoms with E-state index >= 15 is 0 Å². The van der Waals surface area contributed by atoms with Gasteiger partial charge >= 0.3 is 0 Å². The maximum absolute atomic E-state index is 9.25. The van der Waals surface area contributed by atoms with Gasteiger partial charge in [-0.2, -0.15) is 0 Å².